The second kappa shape index (κ2) is 7.95. The predicted molar refractivity (Wildman–Crippen MR) is 81.3 cm³/mol. The molecule has 1 aromatic rings. The van der Waals surface area contributed by atoms with Crippen LogP contribution in [0.1, 0.15) is 39.2 Å². The number of carbonyl (C=O) groups excluding carboxylic acids is 1. The maximum atomic E-state index is 11.9. The van der Waals surface area contributed by atoms with E-state index in [1.807, 2.05) is 31.2 Å². The largest absolute Gasteiger partial charge is 0.325 e. The average molecular weight is 262 g/mol. The summed E-state index contributed by atoms with van der Waals surface area (Å²) < 4.78 is 0. The summed E-state index contributed by atoms with van der Waals surface area (Å²) in [6.45, 7) is 8.90. The Bertz CT molecular complexity index is 399. The maximum Gasteiger partial charge on any atom is 0.238 e. The summed E-state index contributed by atoms with van der Waals surface area (Å²) >= 11 is 0. The number of hydrogen-bond donors (Lipinski definition) is 2. The highest BCUT2D eigenvalue weighted by Crippen LogP contribution is 2.14. The van der Waals surface area contributed by atoms with Crippen LogP contribution in [0.4, 0.5) is 5.69 Å². The third-order valence-electron chi connectivity index (χ3n) is 3.76. The maximum absolute atomic E-state index is 11.9. The summed E-state index contributed by atoms with van der Waals surface area (Å²) in [5.41, 5.74) is 1.98. The first-order valence-corrected chi connectivity index (χ1v) is 7.17. The first kappa shape index (κ1) is 15.7. The fraction of sp³-hybridized carbons (Fsp3) is 0.562. The quantitative estimate of drug-likeness (QED) is 0.791. The highest BCUT2D eigenvalue weighted by molar-refractivity contribution is 5.92. The zero-order chi connectivity index (χ0) is 14.3. The van der Waals surface area contributed by atoms with Crippen LogP contribution in [0.3, 0.4) is 0 Å². The number of carbonyl (C=O) groups is 1. The summed E-state index contributed by atoms with van der Waals surface area (Å²) in [6, 6.07) is 8.20. The highest BCUT2D eigenvalue weighted by atomic mass is 16.1. The lowest BCUT2D eigenvalue weighted by Gasteiger charge is -2.22. The Morgan fingerprint density at radius 1 is 1.21 bits per heavy atom. The second-order valence-corrected chi connectivity index (χ2v) is 5.11. The number of benzene rings is 1. The fourth-order valence-corrected chi connectivity index (χ4v) is 2.32. The molecule has 0 aliphatic heterocycles. The van der Waals surface area contributed by atoms with Gasteiger partial charge in [0.1, 0.15) is 0 Å². The molecule has 0 bridgehead atoms. The number of rotatable bonds is 7. The van der Waals surface area contributed by atoms with Crippen LogP contribution in [0, 0.1) is 12.8 Å². The number of amides is 1. The molecule has 0 saturated carbocycles. The molecule has 1 amide bonds. The van der Waals surface area contributed by atoms with Crippen LogP contribution in [0.25, 0.3) is 0 Å². The van der Waals surface area contributed by atoms with Gasteiger partial charge >= 0.3 is 0 Å². The van der Waals surface area contributed by atoms with Crippen LogP contribution in [0.2, 0.25) is 0 Å². The van der Waals surface area contributed by atoms with Gasteiger partial charge in [-0.05, 0) is 31.4 Å². The van der Waals surface area contributed by atoms with Crippen molar-refractivity contribution < 1.29 is 4.79 Å². The zero-order valence-electron chi connectivity index (χ0n) is 12.5. The summed E-state index contributed by atoms with van der Waals surface area (Å²) in [5, 5.41) is 6.25. The lowest BCUT2D eigenvalue weighted by molar-refractivity contribution is -0.115. The van der Waals surface area contributed by atoms with Gasteiger partial charge in [-0.2, -0.15) is 0 Å². The number of aryl methyl sites for hydroxylation is 1. The predicted octanol–water partition coefficient (Wildman–Crippen LogP) is 3.35. The first-order valence-electron chi connectivity index (χ1n) is 7.17. The second-order valence-electron chi connectivity index (χ2n) is 5.11. The molecule has 106 valence electrons. The number of para-hydroxylation sites is 1. The van der Waals surface area contributed by atoms with Crippen molar-refractivity contribution in [2.45, 2.75) is 46.6 Å². The van der Waals surface area contributed by atoms with Crippen LogP contribution in [-0.2, 0) is 4.79 Å². The lowest BCUT2D eigenvalue weighted by atomic mass is 9.95. The lowest BCUT2D eigenvalue weighted by Crippen LogP contribution is -2.38. The van der Waals surface area contributed by atoms with Gasteiger partial charge in [-0.1, -0.05) is 44.9 Å². The molecule has 19 heavy (non-hydrogen) atoms. The van der Waals surface area contributed by atoms with Gasteiger partial charge in [-0.15, -0.1) is 0 Å². The topological polar surface area (TPSA) is 41.1 Å². The molecule has 0 fully saturated rings. The van der Waals surface area contributed by atoms with Gasteiger partial charge in [0.05, 0.1) is 6.54 Å². The Labute approximate surface area is 116 Å². The van der Waals surface area contributed by atoms with Crippen LogP contribution in [-0.4, -0.2) is 18.5 Å². The van der Waals surface area contributed by atoms with E-state index in [0.717, 1.165) is 24.1 Å². The van der Waals surface area contributed by atoms with E-state index in [1.165, 1.54) is 0 Å². The van der Waals surface area contributed by atoms with E-state index in [1.54, 1.807) is 0 Å². The minimum Gasteiger partial charge on any atom is -0.325 e. The minimum absolute atomic E-state index is 0.0205. The molecule has 0 spiro atoms. The SMILES string of the molecule is CCC(CC)C(C)NCC(=O)Nc1ccccc1C. The molecule has 0 aromatic heterocycles. The van der Waals surface area contributed by atoms with Crippen molar-refractivity contribution in [1.82, 2.24) is 5.32 Å². The molecule has 2 N–H and O–H groups in total. The molecule has 1 unspecified atom stereocenters. The van der Waals surface area contributed by atoms with Gasteiger partial charge in [0.25, 0.3) is 0 Å². The molecule has 1 aromatic carbocycles. The Kier molecular flexibility index (Phi) is 6.57. The van der Waals surface area contributed by atoms with E-state index in [4.69, 9.17) is 0 Å². The Morgan fingerprint density at radius 2 is 1.84 bits per heavy atom. The molecule has 3 nitrogen and oxygen atoms in total. The Morgan fingerprint density at radius 3 is 2.42 bits per heavy atom. The van der Waals surface area contributed by atoms with Crippen molar-refractivity contribution in [3.8, 4) is 0 Å². The monoisotopic (exact) mass is 262 g/mol. The zero-order valence-corrected chi connectivity index (χ0v) is 12.5. The molecular formula is C16H26N2O. The molecule has 1 atom stereocenters. The van der Waals surface area contributed by atoms with Crippen molar-refractivity contribution >= 4 is 11.6 Å². The highest BCUT2D eigenvalue weighted by Gasteiger charge is 2.14. The van der Waals surface area contributed by atoms with Crippen molar-refractivity contribution in [1.29, 1.82) is 0 Å². The standard InChI is InChI=1S/C16H26N2O/c1-5-14(6-2)13(4)17-11-16(19)18-15-10-8-7-9-12(15)3/h7-10,13-14,17H,5-6,11H2,1-4H3,(H,18,19). The number of hydrogen-bond acceptors (Lipinski definition) is 2. The van der Waals surface area contributed by atoms with Crippen molar-refractivity contribution in [3.63, 3.8) is 0 Å². The summed E-state index contributed by atoms with van der Waals surface area (Å²) in [4.78, 5) is 11.9. The van der Waals surface area contributed by atoms with E-state index in [2.05, 4.69) is 31.4 Å². The van der Waals surface area contributed by atoms with Gasteiger partial charge in [-0.25, -0.2) is 0 Å². The van der Waals surface area contributed by atoms with Gasteiger partial charge in [0.2, 0.25) is 5.91 Å². The molecule has 1 rings (SSSR count). The van der Waals surface area contributed by atoms with Crippen molar-refractivity contribution in [2.75, 3.05) is 11.9 Å². The van der Waals surface area contributed by atoms with Crippen molar-refractivity contribution in [2.24, 2.45) is 5.92 Å². The minimum atomic E-state index is 0.0205. The van der Waals surface area contributed by atoms with E-state index < -0.39 is 0 Å². The van der Waals surface area contributed by atoms with Gasteiger partial charge in [0, 0.05) is 11.7 Å². The molecule has 0 heterocycles. The number of nitrogens with one attached hydrogen (secondary N) is 2. The molecule has 3 heteroatoms. The van der Waals surface area contributed by atoms with Crippen LogP contribution in [0.5, 0.6) is 0 Å². The fourth-order valence-electron chi connectivity index (χ4n) is 2.32. The third-order valence-corrected chi connectivity index (χ3v) is 3.76. The summed E-state index contributed by atoms with van der Waals surface area (Å²) in [7, 11) is 0. The normalized spacial score (nSPS) is 12.5. The van der Waals surface area contributed by atoms with Gasteiger partial charge in [-0.3, -0.25) is 4.79 Å². The average Bonchev–Trinajstić information content (AvgIpc) is 2.40. The van der Waals surface area contributed by atoms with E-state index in [0.29, 0.717) is 18.5 Å². The smallest absolute Gasteiger partial charge is 0.238 e. The summed E-state index contributed by atoms with van der Waals surface area (Å²) in [6.07, 6.45) is 2.29. The van der Waals surface area contributed by atoms with Crippen LogP contribution in [0.15, 0.2) is 24.3 Å². The molecule has 0 aliphatic carbocycles. The Balaban J connectivity index is 2.42. The number of anilines is 1. The van der Waals surface area contributed by atoms with E-state index in [9.17, 15) is 4.79 Å². The van der Waals surface area contributed by atoms with Crippen LogP contribution >= 0.6 is 0 Å². The molecule has 0 radical (unpaired) electrons. The third kappa shape index (κ3) is 5.03. The molecule has 0 saturated heterocycles. The molecular weight excluding hydrogens is 236 g/mol. The van der Waals surface area contributed by atoms with E-state index in [-0.39, 0.29) is 5.91 Å². The van der Waals surface area contributed by atoms with Gasteiger partial charge in [0.15, 0.2) is 0 Å². The molecule has 0 aliphatic rings. The van der Waals surface area contributed by atoms with Crippen molar-refractivity contribution in [3.05, 3.63) is 29.8 Å². The first-order chi connectivity index (χ1) is 9.08. The Hall–Kier alpha value is -1.35. The van der Waals surface area contributed by atoms with Gasteiger partial charge < -0.3 is 10.6 Å². The van der Waals surface area contributed by atoms with Crippen LogP contribution < -0.4 is 10.6 Å². The van der Waals surface area contributed by atoms with E-state index >= 15 is 0 Å². The summed E-state index contributed by atoms with van der Waals surface area (Å²) in [5.74, 6) is 0.651.